The van der Waals surface area contributed by atoms with E-state index in [1.54, 1.807) is 18.2 Å². The van der Waals surface area contributed by atoms with Crippen molar-refractivity contribution in [1.29, 1.82) is 0 Å². The fourth-order valence-corrected chi connectivity index (χ4v) is 2.56. The van der Waals surface area contributed by atoms with E-state index in [1.165, 1.54) is 7.11 Å². The van der Waals surface area contributed by atoms with Crippen LogP contribution in [-0.2, 0) is 14.8 Å². The van der Waals surface area contributed by atoms with Crippen LogP contribution < -0.4 is 4.72 Å². The minimum absolute atomic E-state index is 0.105. The van der Waals surface area contributed by atoms with Crippen molar-refractivity contribution in [3.05, 3.63) is 27.7 Å². The Balaban J connectivity index is 2.83. The molecule has 16 heavy (non-hydrogen) atoms. The first kappa shape index (κ1) is 13.8. The lowest BCUT2D eigenvalue weighted by Gasteiger charge is -2.09. The van der Waals surface area contributed by atoms with Gasteiger partial charge in [0.15, 0.2) is 0 Å². The molecular weight excluding hydrogens is 318 g/mol. The number of anilines is 1. The molecule has 0 fully saturated rings. The molecule has 0 aliphatic heterocycles. The van der Waals surface area contributed by atoms with Crippen molar-refractivity contribution in [2.24, 2.45) is 0 Å². The van der Waals surface area contributed by atoms with Crippen LogP contribution in [0.25, 0.3) is 0 Å². The molecule has 0 heterocycles. The van der Waals surface area contributed by atoms with E-state index in [-0.39, 0.29) is 12.4 Å². The molecule has 1 N–H and O–H groups in total. The van der Waals surface area contributed by atoms with E-state index in [0.717, 1.165) is 4.47 Å². The summed E-state index contributed by atoms with van der Waals surface area (Å²) in [7, 11) is -1.97. The van der Waals surface area contributed by atoms with Gasteiger partial charge >= 0.3 is 0 Å². The molecule has 0 bridgehead atoms. The van der Waals surface area contributed by atoms with Gasteiger partial charge in [0.2, 0.25) is 10.0 Å². The summed E-state index contributed by atoms with van der Waals surface area (Å²) in [6.07, 6.45) is 0. The second-order valence-electron chi connectivity index (χ2n) is 3.04. The molecule has 4 nitrogen and oxygen atoms in total. The summed E-state index contributed by atoms with van der Waals surface area (Å²) in [4.78, 5) is 0. The van der Waals surface area contributed by atoms with Crippen LogP contribution in [0.1, 0.15) is 0 Å². The highest BCUT2D eigenvalue weighted by molar-refractivity contribution is 9.10. The quantitative estimate of drug-likeness (QED) is 0.903. The average molecular weight is 329 g/mol. The molecule has 0 radical (unpaired) electrons. The van der Waals surface area contributed by atoms with Gasteiger partial charge in [0.25, 0.3) is 0 Å². The molecule has 1 rings (SSSR count). The predicted molar refractivity (Wildman–Crippen MR) is 68.4 cm³/mol. The van der Waals surface area contributed by atoms with Crippen LogP contribution in [0.3, 0.4) is 0 Å². The van der Waals surface area contributed by atoms with Gasteiger partial charge in [-0.3, -0.25) is 4.72 Å². The summed E-state index contributed by atoms with van der Waals surface area (Å²) in [5.74, 6) is -0.105. The highest BCUT2D eigenvalue weighted by Gasteiger charge is 2.12. The molecule has 0 unspecified atom stereocenters. The van der Waals surface area contributed by atoms with Gasteiger partial charge in [-0.15, -0.1) is 0 Å². The Morgan fingerprint density at radius 2 is 2.19 bits per heavy atom. The van der Waals surface area contributed by atoms with Crippen LogP contribution in [0.15, 0.2) is 22.7 Å². The zero-order chi connectivity index (χ0) is 12.2. The highest BCUT2D eigenvalue weighted by atomic mass is 79.9. The zero-order valence-electron chi connectivity index (χ0n) is 8.54. The summed E-state index contributed by atoms with van der Waals surface area (Å²) in [5.41, 5.74) is 0.354. The van der Waals surface area contributed by atoms with Crippen molar-refractivity contribution in [3.8, 4) is 0 Å². The average Bonchev–Trinajstić information content (AvgIpc) is 2.20. The minimum Gasteiger partial charge on any atom is -0.384 e. The molecule has 7 heteroatoms. The number of rotatable bonds is 5. The molecule has 1 aromatic rings. The van der Waals surface area contributed by atoms with E-state index < -0.39 is 10.0 Å². The third-order valence-electron chi connectivity index (χ3n) is 1.75. The van der Waals surface area contributed by atoms with Crippen molar-refractivity contribution in [2.45, 2.75) is 0 Å². The number of sulfonamides is 1. The standard InChI is InChI=1S/C9H11BrClNO3S/c1-15-4-5-16(13,14)12-9-6-7(10)2-3-8(9)11/h2-3,6,12H,4-5H2,1H3. The maximum absolute atomic E-state index is 11.6. The van der Waals surface area contributed by atoms with E-state index in [0.29, 0.717) is 10.7 Å². The zero-order valence-corrected chi connectivity index (χ0v) is 11.7. The van der Waals surface area contributed by atoms with Crippen LogP contribution in [-0.4, -0.2) is 27.9 Å². The van der Waals surface area contributed by atoms with Gasteiger partial charge in [-0.25, -0.2) is 8.42 Å². The number of nitrogens with one attached hydrogen (secondary N) is 1. The van der Waals surface area contributed by atoms with Gasteiger partial charge in [0, 0.05) is 11.6 Å². The summed E-state index contributed by atoms with van der Waals surface area (Å²) in [6, 6.07) is 4.95. The second kappa shape index (κ2) is 5.86. The van der Waals surface area contributed by atoms with E-state index in [4.69, 9.17) is 16.3 Å². The predicted octanol–water partition coefficient (Wildman–Crippen LogP) is 2.49. The highest BCUT2D eigenvalue weighted by Crippen LogP contribution is 2.26. The molecule has 1 aromatic carbocycles. The van der Waals surface area contributed by atoms with Gasteiger partial charge in [0.1, 0.15) is 0 Å². The summed E-state index contributed by atoms with van der Waals surface area (Å²) in [6.45, 7) is 0.140. The van der Waals surface area contributed by atoms with Gasteiger partial charge in [-0.2, -0.15) is 0 Å². The van der Waals surface area contributed by atoms with Gasteiger partial charge < -0.3 is 4.74 Å². The number of halogens is 2. The molecule has 0 aliphatic rings. The molecule has 0 atom stereocenters. The van der Waals surface area contributed by atoms with Gasteiger partial charge in [-0.05, 0) is 18.2 Å². The Bertz CT molecular complexity index is 464. The number of hydrogen-bond donors (Lipinski definition) is 1. The monoisotopic (exact) mass is 327 g/mol. The minimum atomic E-state index is -3.42. The summed E-state index contributed by atoms with van der Waals surface area (Å²) >= 11 is 9.10. The Hall–Kier alpha value is -0.300. The SMILES string of the molecule is COCCS(=O)(=O)Nc1cc(Br)ccc1Cl. The van der Waals surface area contributed by atoms with E-state index >= 15 is 0 Å². The molecule has 0 spiro atoms. The van der Waals surface area contributed by atoms with Crippen LogP contribution in [0.2, 0.25) is 5.02 Å². The molecule has 0 amide bonds. The maximum atomic E-state index is 11.6. The largest absolute Gasteiger partial charge is 0.384 e. The Kier molecular flexibility index (Phi) is 5.04. The van der Waals surface area contributed by atoms with Crippen molar-refractivity contribution < 1.29 is 13.2 Å². The molecule has 0 saturated heterocycles. The van der Waals surface area contributed by atoms with Crippen molar-refractivity contribution in [1.82, 2.24) is 0 Å². The van der Waals surface area contributed by atoms with Crippen LogP contribution in [0.4, 0.5) is 5.69 Å². The second-order valence-corrected chi connectivity index (χ2v) is 6.20. The molecular formula is C9H11BrClNO3S. The Morgan fingerprint density at radius 3 is 2.81 bits per heavy atom. The molecule has 0 aliphatic carbocycles. The van der Waals surface area contributed by atoms with Crippen LogP contribution in [0, 0.1) is 0 Å². The van der Waals surface area contributed by atoms with Crippen molar-refractivity contribution in [3.63, 3.8) is 0 Å². The van der Waals surface area contributed by atoms with E-state index in [2.05, 4.69) is 20.7 Å². The van der Waals surface area contributed by atoms with Gasteiger partial charge in [-0.1, -0.05) is 27.5 Å². The molecule has 90 valence electrons. The van der Waals surface area contributed by atoms with E-state index in [9.17, 15) is 8.42 Å². The van der Waals surface area contributed by atoms with Gasteiger partial charge in [0.05, 0.1) is 23.1 Å². The van der Waals surface area contributed by atoms with Crippen molar-refractivity contribution in [2.75, 3.05) is 24.2 Å². The molecule has 0 aromatic heterocycles. The lowest BCUT2D eigenvalue weighted by Crippen LogP contribution is -2.19. The van der Waals surface area contributed by atoms with E-state index in [1.807, 2.05) is 0 Å². The fourth-order valence-electron chi connectivity index (χ4n) is 0.987. The Labute approximate surface area is 108 Å². The fraction of sp³-hybridized carbons (Fsp3) is 0.333. The molecule has 0 saturated carbocycles. The lowest BCUT2D eigenvalue weighted by atomic mass is 10.3. The van der Waals surface area contributed by atoms with Crippen LogP contribution >= 0.6 is 27.5 Å². The number of methoxy groups -OCH3 is 1. The van der Waals surface area contributed by atoms with Crippen LogP contribution in [0.5, 0.6) is 0 Å². The number of ether oxygens (including phenoxy) is 1. The summed E-state index contributed by atoms with van der Waals surface area (Å²) in [5, 5.41) is 0.351. The Morgan fingerprint density at radius 1 is 1.50 bits per heavy atom. The first-order valence-electron chi connectivity index (χ1n) is 4.39. The summed E-state index contributed by atoms with van der Waals surface area (Å²) < 4.78 is 31.0. The number of benzene rings is 1. The lowest BCUT2D eigenvalue weighted by molar-refractivity contribution is 0.217. The third kappa shape index (κ3) is 4.29. The van der Waals surface area contributed by atoms with Crippen molar-refractivity contribution >= 4 is 43.2 Å². The number of hydrogen-bond acceptors (Lipinski definition) is 3. The maximum Gasteiger partial charge on any atom is 0.235 e. The third-order valence-corrected chi connectivity index (χ3v) is 3.81. The normalized spacial score (nSPS) is 11.4. The first-order chi connectivity index (χ1) is 7.44. The first-order valence-corrected chi connectivity index (χ1v) is 7.21. The topological polar surface area (TPSA) is 55.4 Å². The smallest absolute Gasteiger partial charge is 0.235 e.